The van der Waals surface area contributed by atoms with Crippen LogP contribution in [0, 0.1) is 0 Å². The van der Waals surface area contributed by atoms with Crippen LogP contribution in [0.4, 0.5) is 5.69 Å². The van der Waals surface area contributed by atoms with Crippen LogP contribution in [0.25, 0.3) is 11.1 Å². The number of nitrogens with one attached hydrogen (secondary N) is 1. The van der Waals surface area contributed by atoms with Gasteiger partial charge in [0.2, 0.25) is 5.91 Å². The Morgan fingerprint density at radius 1 is 1.12 bits per heavy atom. The average molecular weight is 346 g/mol. The molecule has 26 heavy (non-hydrogen) atoms. The largest absolute Gasteiger partial charge is 0.508 e. The Hall–Kier alpha value is -3.34. The van der Waals surface area contributed by atoms with Gasteiger partial charge in [-0.1, -0.05) is 12.1 Å². The van der Waals surface area contributed by atoms with Gasteiger partial charge in [0.1, 0.15) is 18.1 Å². The van der Waals surface area contributed by atoms with E-state index in [0.717, 1.165) is 33.7 Å². The second-order valence-corrected chi connectivity index (χ2v) is 6.25. The van der Waals surface area contributed by atoms with Crippen LogP contribution in [-0.4, -0.2) is 16.0 Å². The van der Waals surface area contributed by atoms with E-state index >= 15 is 0 Å². The number of rotatable bonds is 4. The number of nitrogens with zero attached hydrogens (tertiary/aromatic N) is 1. The third kappa shape index (κ3) is 3.37. The lowest BCUT2D eigenvalue weighted by atomic mass is 9.98. The monoisotopic (exact) mass is 346 g/mol. The number of ether oxygens (including phenoxy) is 1. The van der Waals surface area contributed by atoms with Crippen molar-refractivity contribution in [3.05, 3.63) is 72.1 Å². The summed E-state index contributed by atoms with van der Waals surface area (Å²) < 4.78 is 5.80. The molecule has 0 saturated heterocycles. The number of aromatic hydroxyl groups is 1. The van der Waals surface area contributed by atoms with Gasteiger partial charge in [0.15, 0.2) is 0 Å². The minimum absolute atomic E-state index is 0.0570. The lowest BCUT2D eigenvalue weighted by Crippen LogP contribution is -2.13. The van der Waals surface area contributed by atoms with Crippen LogP contribution in [0.2, 0.25) is 0 Å². The van der Waals surface area contributed by atoms with Crippen LogP contribution in [-0.2, 0) is 17.8 Å². The number of aromatic nitrogens is 1. The number of fused-ring (bicyclic) bond motifs is 3. The number of carbonyl (C=O) groups is 1. The molecule has 2 aromatic carbocycles. The Morgan fingerprint density at radius 2 is 1.96 bits per heavy atom. The van der Waals surface area contributed by atoms with Gasteiger partial charge in [0.25, 0.3) is 0 Å². The van der Waals surface area contributed by atoms with E-state index in [1.54, 1.807) is 18.3 Å². The summed E-state index contributed by atoms with van der Waals surface area (Å²) in [5, 5.41) is 12.2. The maximum atomic E-state index is 12.2. The van der Waals surface area contributed by atoms with Crippen LogP contribution in [0.3, 0.4) is 0 Å². The molecule has 5 heteroatoms. The fraction of sp³-hybridized carbons (Fsp3) is 0.143. The zero-order chi connectivity index (χ0) is 17.9. The number of aryl methyl sites for hydroxylation is 1. The summed E-state index contributed by atoms with van der Waals surface area (Å²) >= 11 is 0. The minimum Gasteiger partial charge on any atom is -0.508 e. The first kappa shape index (κ1) is 16.1. The number of hydrogen-bond acceptors (Lipinski definition) is 4. The molecule has 0 aliphatic carbocycles. The molecule has 1 aliphatic heterocycles. The molecule has 0 bridgehead atoms. The van der Waals surface area contributed by atoms with Crippen LogP contribution < -0.4 is 10.1 Å². The molecule has 1 aromatic heterocycles. The number of pyridine rings is 1. The van der Waals surface area contributed by atoms with Crippen LogP contribution in [0.5, 0.6) is 11.5 Å². The summed E-state index contributed by atoms with van der Waals surface area (Å²) in [5.74, 6) is 0.933. The van der Waals surface area contributed by atoms with Crippen molar-refractivity contribution in [1.29, 1.82) is 0 Å². The maximum Gasteiger partial charge on any atom is 0.224 e. The lowest BCUT2D eigenvalue weighted by molar-refractivity contribution is -0.116. The van der Waals surface area contributed by atoms with E-state index < -0.39 is 0 Å². The van der Waals surface area contributed by atoms with Crippen molar-refractivity contribution in [2.45, 2.75) is 19.4 Å². The summed E-state index contributed by atoms with van der Waals surface area (Å²) in [5.41, 5.74) is 4.92. The minimum atomic E-state index is -0.0570. The smallest absolute Gasteiger partial charge is 0.224 e. The summed E-state index contributed by atoms with van der Waals surface area (Å²) in [6, 6.07) is 14.6. The number of carbonyl (C=O) groups excluding carboxylic acids is 1. The van der Waals surface area contributed by atoms with Crippen LogP contribution >= 0.6 is 0 Å². The highest BCUT2D eigenvalue weighted by Crippen LogP contribution is 2.38. The van der Waals surface area contributed by atoms with E-state index in [-0.39, 0.29) is 11.7 Å². The quantitative estimate of drug-likeness (QED) is 0.751. The fourth-order valence-corrected chi connectivity index (χ4v) is 3.05. The molecule has 0 fully saturated rings. The number of anilines is 1. The molecule has 0 saturated carbocycles. The van der Waals surface area contributed by atoms with Gasteiger partial charge in [-0.3, -0.25) is 9.78 Å². The van der Waals surface area contributed by atoms with Crippen molar-refractivity contribution < 1.29 is 14.6 Å². The Labute approximate surface area is 151 Å². The standard InChI is InChI=1S/C21H18N2O3/c24-17-5-1-14(2-6-17)3-8-21(25)23-16-4-7-19-18-9-10-22-12-15(18)13-26-20(19)11-16/h1-2,4-7,9-12,24H,3,8,13H2,(H,23,25). The second kappa shape index (κ2) is 6.88. The van der Waals surface area contributed by atoms with Crippen LogP contribution in [0.1, 0.15) is 17.5 Å². The molecule has 1 amide bonds. The predicted octanol–water partition coefficient (Wildman–Crippen LogP) is 3.92. The molecule has 130 valence electrons. The average Bonchev–Trinajstić information content (AvgIpc) is 2.67. The third-order valence-corrected chi connectivity index (χ3v) is 4.42. The number of hydrogen-bond donors (Lipinski definition) is 2. The molecule has 0 unspecified atom stereocenters. The third-order valence-electron chi connectivity index (χ3n) is 4.42. The Morgan fingerprint density at radius 3 is 2.81 bits per heavy atom. The topological polar surface area (TPSA) is 71.5 Å². The normalized spacial score (nSPS) is 11.8. The van der Waals surface area contributed by atoms with Gasteiger partial charge >= 0.3 is 0 Å². The van der Waals surface area contributed by atoms with Gasteiger partial charge in [-0.2, -0.15) is 0 Å². The lowest BCUT2D eigenvalue weighted by Gasteiger charge is -2.21. The number of phenolic OH excluding ortho intramolecular Hbond substituents is 1. The van der Waals surface area contributed by atoms with Gasteiger partial charge in [-0.15, -0.1) is 0 Å². The highest BCUT2D eigenvalue weighted by Gasteiger charge is 2.17. The summed E-state index contributed by atoms with van der Waals surface area (Å²) in [6.07, 6.45) is 4.58. The zero-order valence-corrected chi connectivity index (χ0v) is 14.1. The maximum absolute atomic E-state index is 12.2. The molecule has 3 aromatic rings. The van der Waals surface area contributed by atoms with Gasteiger partial charge < -0.3 is 15.2 Å². The van der Waals surface area contributed by atoms with E-state index in [1.807, 2.05) is 42.6 Å². The Bertz CT molecular complexity index is 952. The molecule has 1 aliphatic rings. The van der Waals surface area contributed by atoms with E-state index in [2.05, 4.69) is 10.3 Å². The van der Waals surface area contributed by atoms with Crippen molar-refractivity contribution in [3.63, 3.8) is 0 Å². The predicted molar refractivity (Wildman–Crippen MR) is 99.1 cm³/mol. The molecular weight excluding hydrogens is 328 g/mol. The number of benzene rings is 2. The van der Waals surface area contributed by atoms with E-state index in [0.29, 0.717) is 19.4 Å². The highest BCUT2D eigenvalue weighted by atomic mass is 16.5. The number of amides is 1. The van der Waals surface area contributed by atoms with Crippen LogP contribution in [0.15, 0.2) is 60.9 Å². The fourth-order valence-electron chi connectivity index (χ4n) is 3.05. The summed E-state index contributed by atoms with van der Waals surface area (Å²) in [4.78, 5) is 16.3. The van der Waals surface area contributed by atoms with Gasteiger partial charge in [-0.25, -0.2) is 0 Å². The second-order valence-electron chi connectivity index (χ2n) is 6.25. The molecule has 5 nitrogen and oxygen atoms in total. The highest BCUT2D eigenvalue weighted by molar-refractivity contribution is 5.92. The molecule has 2 N–H and O–H groups in total. The van der Waals surface area contributed by atoms with Gasteiger partial charge in [0.05, 0.1) is 0 Å². The van der Waals surface area contributed by atoms with E-state index in [1.165, 1.54) is 0 Å². The van der Waals surface area contributed by atoms with E-state index in [9.17, 15) is 9.90 Å². The van der Waals surface area contributed by atoms with Crippen molar-refractivity contribution in [2.75, 3.05) is 5.32 Å². The Kier molecular flexibility index (Phi) is 4.27. The van der Waals surface area contributed by atoms with Gasteiger partial charge in [-0.05, 0) is 47.9 Å². The molecule has 0 atom stereocenters. The summed E-state index contributed by atoms with van der Waals surface area (Å²) in [6.45, 7) is 0.481. The molecule has 4 rings (SSSR count). The van der Waals surface area contributed by atoms with Crippen molar-refractivity contribution in [2.24, 2.45) is 0 Å². The number of phenols is 1. The summed E-state index contributed by atoms with van der Waals surface area (Å²) in [7, 11) is 0. The molecular formula is C21H18N2O3. The first-order valence-corrected chi connectivity index (χ1v) is 8.47. The SMILES string of the molecule is O=C(CCc1ccc(O)cc1)Nc1ccc2c(c1)OCc1cnccc1-2. The molecule has 2 heterocycles. The Balaban J connectivity index is 1.43. The first-order chi connectivity index (χ1) is 12.7. The van der Waals surface area contributed by atoms with Crippen molar-refractivity contribution in [1.82, 2.24) is 4.98 Å². The zero-order valence-electron chi connectivity index (χ0n) is 14.1. The molecule has 0 spiro atoms. The van der Waals surface area contributed by atoms with Gasteiger partial charge in [0, 0.05) is 41.7 Å². The van der Waals surface area contributed by atoms with Crippen molar-refractivity contribution >= 4 is 11.6 Å². The first-order valence-electron chi connectivity index (χ1n) is 8.47. The van der Waals surface area contributed by atoms with E-state index in [4.69, 9.17) is 4.74 Å². The van der Waals surface area contributed by atoms with Crippen molar-refractivity contribution in [3.8, 4) is 22.6 Å². The molecule has 0 radical (unpaired) electrons.